The van der Waals surface area contributed by atoms with E-state index in [0.29, 0.717) is 22.3 Å². The molecule has 0 spiro atoms. The summed E-state index contributed by atoms with van der Waals surface area (Å²) in [5, 5.41) is 2.96. The maximum Gasteiger partial charge on any atom is 0.416 e. The number of anilines is 1. The first kappa shape index (κ1) is 14.8. The summed E-state index contributed by atoms with van der Waals surface area (Å²) < 4.78 is 51.0. The van der Waals surface area contributed by atoms with Gasteiger partial charge >= 0.3 is 6.18 Å². The van der Waals surface area contributed by atoms with Crippen molar-refractivity contribution in [2.24, 2.45) is 0 Å². The molecule has 106 valence electrons. The summed E-state index contributed by atoms with van der Waals surface area (Å²) in [6.45, 7) is 0.306. The van der Waals surface area contributed by atoms with E-state index in [2.05, 4.69) is 21.2 Å². The van der Waals surface area contributed by atoms with E-state index in [9.17, 15) is 17.6 Å². The van der Waals surface area contributed by atoms with Gasteiger partial charge in [-0.05, 0) is 51.8 Å². The monoisotopic (exact) mass is 347 g/mol. The maximum atomic E-state index is 13.1. The predicted molar refractivity (Wildman–Crippen MR) is 72.9 cm³/mol. The van der Waals surface area contributed by atoms with Crippen molar-refractivity contribution in [3.8, 4) is 0 Å². The number of alkyl halides is 3. The van der Waals surface area contributed by atoms with Gasteiger partial charge < -0.3 is 5.32 Å². The van der Waals surface area contributed by atoms with E-state index in [1.54, 1.807) is 6.07 Å². The Morgan fingerprint density at radius 2 is 1.65 bits per heavy atom. The molecule has 0 saturated heterocycles. The molecule has 0 saturated carbocycles. The smallest absolute Gasteiger partial charge is 0.380 e. The van der Waals surface area contributed by atoms with Crippen molar-refractivity contribution in [1.29, 1.82) is 0 Å². The lowest BCUT2D eigenvalue weighted by molar-refractivity contribution is -0.137. The number of benzene rings is 2. The Labute approximate surface area is 121 Å². The van der Waals surface area contributed by atoms with Crippen LogP contribution in [0.1, 0.15) is 11.1 Å². The molecule has 0 aliphatic rings. The van der Waals surface area contributed by atoms with Crippen molar-refractivity contribution in [3.63, 3.8) is 0 Å². The molecule has 0 heterocycles. The van der Waals surface area contributed by atoms with Crippen LogP contribution in [-0.4, -0.2) is 0 Å². The third-order valence-electron chi connectivity index (χ3n) is 2.69. The zero-order valence-electron chi connectivity index (χ0n) is 10.1. The van der Waals surface area contributed by atoms with E-state index in [-0.39, 0.29) is 5.82 Å². The molecule has 1 N–H and O–H groups in total. The van der Waals surface area contributed by atoms with Crippen LogP contribution in [0.3, 0.4) is 0 Å². The molecular formula is C14H10BrF4N. The normalized spacial score (nSPS) is 11.4. The molecule has 0 atom stereocenters. The topological polar surface area (TPSA) is 12.0 Å². The highest BCUT2D eigenvalue weighted by molar-refractivity contribution is 9.10. The second kappa shape index (κ2) is 5.83. The fourth-order valence-corrected chi connectivity index (χ4v) is 2.03. The van der Waals surface area contributed by atoms with Gasteiger partial charge in [0.05, 0.1) is 11.3 Å². The van der Waals surface area contributed by atoms with Crippen molar-refractivity contribution in [2.75, 3.05) is 5.32 Å². The minimum atomic E-state index is -4.34. The van der Waals surface area contributed by atoms with Crippen LogP contribution in [0.2, 0.25) is 0 Å². The molecule has 0 aliphatic heterocycles. The second-order valence-electron chi connectivity index (χ2n) is 4.17. The molecule has 0 unspecified atom stereocenters. The number of halogens is 5. The highest BCUT2D eigenvalue weighted by Gasteiger charge is 2.29. The highest BCUT2D eigenvalue weighted by Crippen LogP contribution is 2.29. The summed E-state index contributed by atoms with van der Waals surface area (Å²) >= 11 is 3.26. The van der Waals surface area contributed by atoms with Crippen LogP contribution >= 0.6 is 15.9 Å². The summed E-state index contributed by atoms with van der Waals surface area (Å²) in [7, 11) is 0. The van der Waals surface area contributed by atoms with E-state index >= 15 is 0 Å². The minimum Gasteiger partial charge on any atom is -0.380 e. The predicted octanol–water partition coefficient (Wildman–Crippen LogP) is 5.22. The lowest BCUT2D eigenvalue weighted by Crippen LogP contribution is -2.05. The molecule has 6 heteroatoms. The average Bonchev–Trinajstić information content (AvgIpc) is 2.39. The number of nitrogens with one attached hydrogen (secondary N) is 1. The van der Waals surface area contributed by atoms with Crippen molar-refractivity contribution in [1.82, 2.24) is 0 Å². The van der Waals surface area contributed by atoms with Crippen LogP contribution in [0.25, 0.3) is 0 Å². The van der Waals surface area contributed by atoms with Crippen LogP contribution in [0.15, 0.2) is 46.9 Å². The standard InChI is InChI=1S/C14H10BrF4N/c15-12-6-5-11(16)7-13(12)20-8-9-1-3-10(4-2-9)14(17,18)19/h1-7,20H,8H2. The van der Waals surface area contributed by atoms with Gasteiger partial charge in [-0.2, -0.15) is 13.2 Å². The Kier molecular flexibility index (Phi) is 4.32. The largest absolute Gasteiger partial charge is 0.416 e. The van der Waals surface area contributed by atoms with Gasteiger partial charge in [-0.1, -0.05) is 12.1 Å². The third kappa shape index (κ3) is 3.72. The van der Waals surface area contributed by atoms with Crippen molar-refractivity contribution in [2.45, 2.75) is 12.7 Å². The lowest BCUT2D eigenvalue weighted by atomic mass is 10.1. The molecule has 2 aromatic rings. The van der Waals surface area contributed by atoms with Gasteiger partial charge in [-0.3, -0.25) is 0 Å². The fourth-order valence-electron chi connectivity index (χ4n) is 1.64. The summed E-state index contributed by atoms with van der Waals surface area (Å²) in [6.07, 6.45) is -4.34. The molecule has 1 nitrogen and oxygen atoms in total. The highest BCUT2D eigenvalue weighted by atomic mass is 79.9. The van der Waals surface area contributed by atoms with Crippen molar-refractivity contribution < 1.29 is 17.6 Å². The van der Waals surface area contributed by atoms with Gasteiger partial charge in [-0.15, -0.1) is 0 Å². The first-order chi connectivity index (χ1) is 9.36. The molecule has 0 aliphatic carbocycles. The Hall–Kier alpha value is -1.56. The quantitative estimate of drug-likeness (QED) is 0.750. The van der Waals surface area contributed by atoms with Gasteiger partial charge in [0.2, 0.25) is 0 Å². The molecule has 0 bridgehead atoms. The maximum absolute atomic E-state index is 13.1. The number of hydrogen-bond acceptors (Lipinski definition) is 1. The van der Waals surface area contributed by atoms with Gasteiger partial charge in [0.15, 0.2) is 0 Å². The van der Waals surface area contributed by atoms with Crippen molar-refractivity contribution >= 4 is 21.6 Å². The first-order valence-electron chi connectivity index (χ1n) is 5.71. The Morgan fingerprint density at radius 1 is 1.00 bits per heavy atom. The van der Waals surface area contributed by atoms with Crippen molar-refractivity contribution in [3.05, 3.63) is 63.9 Å². The van der Waals surface area contributed by atoms with E-state index in [1.165, 1.54) is 24.3 Å². The van der Waals surface area contributed by atoms with E-state index in [1.807, 2.05) is 0 Å². The molecule has 0 fully saturated rings. The molecule has 0 aromatic heterocycles. The minimum absolute atomic E-state index is 0.306. The summed E-state index contributed by atoms with van der Waals surface area (Å²) in [5.74, 6) is -0.386. The summed E-state index contributed by atoms with van der Waals surface area (Å²) in [4.78, 5) is 0. The molecule has 2 rings (SSSR count). The van der Waals surface area contributed by atoms with Gasteiger partial charge in [0.25, 0.3) is 0 Å². The van der Waals surface area contributed by atoms with Crippen LogP contribution in [-0.2, 0) is 12.7 Å². The summed E-state index contributed by atoms with van der Waals surface area (Å²) in [5.41, 5.74) is 0.534. The van der Waals surface area contributed by atoms with Gasteiger partial charge in [0.1, 0.15) is 5.82 Å². The number of rotatable bonds is 3. The Balaban J connectivity index is 2.06. The fraction of sp³-hybridized carbons (Fsp3) is 0.143. The SMILES string of the molecule is Fc1ccc(Br)c(NCc2ccc(C(F)(F)F)cc2)c1. The molecule has 0 radical (unpaired) electrons. The van der Waals surface area contributed by atoms with E-state index in [4.69, 9.17) is 0 Å². The van der Waals surface area contributed by atoms with Crippen LogP contribution in [0, 0.1) is 5.82 Å². The lowest BCUT2D eigenvalue weighted by Gasteiger charge is -2.10. The van der Waals surface area contributed by atoms with E-state index in [0.717, 1.165) is 12.1 Å². The van der Waals surface area contributed by atoms with Crippen LogP contribution in [0.4, 0.5) is 23.2 Å². The average molecular weight is 348 g/mol. The number of hydrogen-bond donors (Lipinski definition) is 1. The Morgan fingerprint density at radius 3 is 2.25 bits per heavy atom. The van der Waals surface area contributed by atoms with Crippen LogP contribution < -0.4 is 5.32 Å². The zero-order chi connectivity index (χ0) is 14.8. The zero-order valence-corrected chi connectivity index (χ0v) is 11.7. The first-order valence-corrected chi connectivity index (χ1v) is 6.50. The second-order valence-corrected chi connectivity index (χ2v) is 5.03. The van der Waals surface area contributed by atoms with E-state index < -0.39 is 11.7 Å². The molecule has 0 amide bonds. The van der Waals surface area contributed by atoms with Gasteiger partial charge in [-0.25, -0.2) is 4.39 Å². The summed E-state index contributed by atoms with van der Waals surface area (Å²) in [6, 6.07) is 9.02. The Bertz CT molecular complexity index is 593. The molecule has 2 aromatic carbocycles. The molecular weight excluding hydrogens is 338 g/mol. The van der Waals surface area contributed by atoms with Gasteiger partial charge in [0, 0.05) is 11.0 Å². The van der Waals surface area contributed by atoms with Crippen LogP contribution in [0.5, 0.6) is 0 Å². The molecule has 20 heavy (non-hydrogen) atoms. The third-order valence-corrected chi connectivity index (χ3v) is 3.38.